The zero-order chi connectivity index (χ0) is 19.4. The number of Topliss-reactive ketones (excluding diaryl/α,β-unsaturated/α-hetero) is 1. The highest BCUT2D eigenvalue weighted by atomic mass is 16.5. The lowest BCUT2D eigenvalue weighted by atomic mass is 9.77. The molecule has 6 heteroatoms. The molecule has 1 aliphatic heterocycles. The molecule has 0 saturated heterocycles. The van der Waals surface area contributed by atoms with Crippen LogP contribution in [0.3, 0.4) is 0 Å². The second-order valence-electron chi connectivity index (χ2n) is 6.65. The van der Waals surface area contributed by atoms with Gasteiger partial charge in [-0.3, -0.25) is 4.79 Å². The van der Waals surface area contributed by atoms with Crippen molar-refractivity contribution in [2.24, 2.45) is 5.73 Å². The fraction of sp³-hybridized carbons (Fsp3) is 0.429. The summed E-state index contributed by atoms with van der Waals surface area (Å²) < 4.78 is 16.9. The van der Waals surface area contributed by atoms with Crippen LogP contribution in [0.25, 0.3) is 0 Å². The molecule has 27 heavy (non-hydrogen) atoms. The summed E-state index contributed by atoms with van der Waals surface area (Å²) in [5, 5.41) is 9.64. The highest BCUT2D eigenvalue weighted by Crippen LogP contribution is 2.45. The quantitative estimate of drug-likeness (QED) is 0.770. The van der Waals surface area contributed by atoms with Crippen molar-refractivity contribution >= 4 is 5.78 Å². The van der Waals surface area contributed by atoms with Crippen LogP contribution in [-0.2, 0) is 9.53 Å². The van der Waals surface area contributed by atoms with Gasteiger partial charge in [0.2, 0.25) is 5.88 Å². The second-order valence-corrected chi connectivity index (χ2v) is 6.65. The van der Waals surface area contributed by atoms with E-state index >= 15 is 0 Å². The molecule has 0 spiro atoms. The summed E-state index contributed by atoms with van der Waals surface area (Å²) in [4.78, 5) is 12.6. The highest BCUT2D eigenvalue weighted by molar-refractivity contribution is 5.99. The molecule has 0 unspecified atom stereocenters. The number of nitrogens with zero attached hydrogens (tertiary/aromatic N) is 1. The molecule has 0 radical (unpaired) electrons. The summed E-state index contributed by atoms with van der Waals surface area (Å²) >= 11 is 0. The van der Waals surface area contributed by atoms with Gasteiger partial charge in [-0.25, -0.2) is 0 Å². The van der Waals surface area contributed by atoms with Crippen LogP contribution in [-0.4, -0.2) is 19.5 Å². The Balaban J connectivity index is 2.03. The van der Waals surface area contributed by atoms with E-state index in [4.69, 9.17) is 19.9 Å². The summed E-state index contributed by atoms with van der Waals surface area (Å²) in [6, 6.07) is 7.61. The van der Waals surface area contributed by atoms with E-state index in [1.165, 1.54) is 0 Å². The Morgan fingerprint density at radius 1 is 1.33 bits per heavy atom. The van der Waals surface area contributed by atoms with Gasteiger partial charge in [0.15, 0.2) is 17.3 Å². The SMILES string of the molecule is CCCCOc1ccc([C@@H]2C(C#N)=C(N)OC3=C2C(=O)CCC3)cc1OC. The molecule has 2 aliphatic rings. The molecule has 2 N–H and O–H groups in total. The van der Waals surface area contributed by atoms with Crippen LogP contribution in [0.4, 0.5) is 0 Å². The van der Waals surface area contributed by atoms with Crippen molar-refractivity contribution in [3.05, 3.63) is 46.6 Å². The van der Waals surface area contributed by atoms with Gasteiger partial charge in [-0.1, -0.05) is 19.4 Å². The Labute approximate surface area is 159 Å². The van der Waals surface area contributed by atoms with E-state index in [0.717, 1.165) is 24.8 Å². The standard InChI is InChI=1S/C21H24N2O4/c1-3-4-10-26-16-9-8-13(11-18(16)25-2)19-14(12-22)21(23)27-17-7-5-6-15(24)20(17)19/h8-9,11,19H,3-7,10,23H2,1-2H3/t19-/m1/s1. The van der Waals surface area contributed by atoms with E-state index in [0.29, 0.717) is 42.3 Å². The number of carbonyl (C=O) groups is 1. The number of hydrogen-bond acceptors (Lipinski definition) is 6. The van der Waals surface area contributed by atoms with Crippen LogP contribution >= 0.6 is 0 Å². The third-order valence-electron chi connectivity index (χ3n) is 4.88. The predicted octanol–water partition coefficient (Wildman–Crippen LogP) is 3.69. The van der Waals surface area contributed by atoms with Gasteiger partial charge in [0.25, 0.3) is 0 Å². The molecule has 1 aromatic carbocycles. The Kier molecular flexibility index (Phi) is 5.70. The summed E-state index contributed by atoms with van der Waals surface area (Å²) in [7, 11) is 1.57. The molecule has 1 atom stereocenters. The van der Waals surface area contributed by atoms with Crippen molar-refractivity contribution in [3.8, 4) is 17.6 Å². The molecule has 1 aromatic rings. The first-order valence-corrected chi connectivity index (χ1v) is 9.25. The molecular weight excluding hydrogens is 344 g/mol. The van der Waals surface area contributed by atoms with Crippen LogP contribution in [0.5, 0.6) is 11.5 Å². The van der Waals surface area contributed by atoms with Gasteiger partial charge in [0.1, 0.15) is 17.4 Å². The van der Waals surface area contributed by atoms with Crippen LogP contribution in [0.1, 0.15) is 50.5 Å². The zero-order valence-electron chi connectivity index (χ0n) is 15.7. The van der Waals surface area contributed by atoms with Gasteiger partial charge in [-0.2, -0.15) is 5.26 Å². The first-order chi connectivity index (χ1) is 13.1. The third-order valence-corrected chi connectivity index (χ3v) is 4.88. The molecule has 0 amide bonds. The number of nitrogens with two attached hydrogens (primary N) is 1. The van der Waals surface area contributed by atoms with Gasteiger partial charge >= 0.3 is 0 Å². The lowest BCUT2D eigenvalue weighted by Gasteiger charge is -2.31. The fourth-order valence-corrected chi connectivity index (χ4v) is 3.50. The summed E-state index contributed by atoms with van der Waals surface area (Å²) in [6.07, 6.45) is 3.82. The molecule has 0 saturated carbocycles. The maximum Gasteiger partial charge on any atom is 0.205 e. The Morgan fingerprint density at radius 2 is 2.15 bits per heavy atom. The van der Waals surface area contributed by atoms with E-state index < -0.39 is 5.92 Å². The van der Waals surface area contributed by atoms with Crippen molar-refractivity contribution in [1.29, 1.82) is 5.26 Å². The lowest BCUT2D eigenvalue weighted by Crippen LogP contribution is -2.27. The van der Waals surface area contributed by atoms with E-state index in [2.05, 4.69) is 13.0 Å². The predicted molar refractivity (Wildman–Crippen MR) is 99.9 cm³/mol. The molecule has 3 rings (SSSR count). The van der Waals surface area contributed by atoms with Gasteiger partial charge in [0, 0.05) is 18.4 Å². The van der Waals surface area contributed by atoms with Gasteiger partial charge in [-0.05, 0) is 30.5 Å². The Bertz CT molecular complexity index is 848. The molecule has 142 valence electrons. The molecule has 0 aromatic heterocycles. The first kappa shape index (κ1) is 18.8. The average Bonchev–Trinajstić information content (AvgIpc) is 2.67. The summed E-state index contributed by atoms with van der Waals surface area (Å²) in [6.45, 7) is 2.70. The van der Waals surface area contributed by atoms with E-state index in [1.54, 1.807) is 7.11 Å². The number of ether oxygens (including phenoxy) is 3. The number of ketones is 1. The van der Waals surface area contributed by atoms with E-state index in [9.17, 15) is 10.1 Å². The maximum absolute atomic E-state index is 12.6. The molecular formula is C21H24N2O4. The Morgan fingerprint density at radius 3 is 2.85 bits per heavy atom. The van der Waals surface area contributed by atoms with Crippen molar-refractivity contribution in [1.82, 2.24) is 0 Å². The number of unbranched alkanes of at least 4 members (excludes halogenated alkanes) is 1. The molecule has 1 aliphatic carbocycles. The van der Waals surface area contributed by atoms with Crippen LogP contribution in [0.2, 0.25) is 0 Å². The van der Waals surface area contributed by atoms with Gasteiger partial charge < -0.3 is 19.9 Å². The number of rotatable bonds is 6. The van der Waals surface area contributed by atoms with Gasteiger partial charge in [-0.15, -0.1) is 0 Å². The van der Waals surface area contributed by atoms with Crippen molar-refractivity contribution < 1.29 is 19.0 Å². The average molecular weight is 368 g/mol. The van der Waals surface area contributed by atoms with Gasteiger partial charge in [0.05, 0.1) is 19.6 Å². The minimum absolute atomic E-state index is 0.00346. The van der Waals surface area contributed by atoms with Crippen LogP contribution < -0.4 is 15.2 Å². The maximum atomic E-state index is 12.6. The molecule has 6 nitrogen and oxygen atoms in total. The van der Waals surface area contributed by atoms with Crippen molar-refractivity contribution in [2.75, 3.05) is 13.7 Å². The molecule has 1 heterocycles. The number of allylic oxidation sites excluding steroid dienone is 3. The largest absolute Gasteiger partial charge is 0.493 e. The zero-order valence-corrected chi connectivity index (χ0v) is 15.7. The van der Waals surface area contributed by atoms with E-state index in [-0.39, 0.29) is 17.2 Å². The molecule has 0 bridgehead atoms. The monoisotopic (exact) mass is 368 g/mol. The number of hydrogen-bond donors (Lipinski definition) is 1. The lowest BCUT2D eigenvalue weighted by molar-refractivity contribution is -0.116. The topological polar surface area (TPSA) is 94.6 Å². The normalized spacial score (nSPS) is 19.3. The minimum Gasteiger partial charge on any atom is -0.493 e. The van der Waals surface area contributed by atoms with Crippen molar-refractivity contribution in [2.45, 2.75) is 44.9 Å². The fourth-order valence-electron chi connectivity index (χ4n) is 3.50. The second kappa shape index (κ2) is 8.17. The highest BCUT2D eigenvalue weighted by Gasteiger charge is 2.38. The minimum atomic E-state index is -0.537. The number of benzene rings is 1. The van der Waals surface area contributed by atoms with Crippen LogP contribution in [0.15, 0.2) is 41.0 Å². The number of nitriles is 1. The van der Waals surface area contributed by atoms with E-state index in [1.807, 2.05) is 18.2 Å². The summed E-state index contributed by atoms with van der Waals surface area (Å²) in [5.41, 5.74) is 7.54. The first-order valence-electron chi connectivity index (χ1n) is 9.25. The smallest absolute Gasteiger partial charge is 0.205 e. The summed E-state index contributed by atoms with van der Waals surface area (Å²) in [5.74, 6) is 1.32. The third kappa shape index (κ3) is 3.63. The molecule has 0 fully saturated rings. The number of carbonyl (C=O) groups excluding carboxylic acids is 1. The van der Waals surface area contributed by atoms with Crippen LogP contribution in [0, 0.1) is 11.3 Å². The Hall–Kier alpha value is -2.94. The van der Waals surface area contributed by atoms with Crippen molar-refractivity contribution in [3.63, 3.8) is 0 Å². The number of methoxy groups -OCH3 is 1.